The van der Waals surface area contributed by atoms with Crippen molar-refractivity contribution in [2.24, 2.45) is 5.73 Å². The molecule has 1 unspecified atom stereocenters. The van der Waals surface area contributed by atoms with Gasteiger partial charge in [0.2, 0.25) is 0 Å². The first-order chi connectivity index (χ1) is 8.66. The third kappa shape index (κ3) is 3.28. The van der Waals surface area contributed by atoms with E-state index in [0.717, 1.165) is 21.9 Å². The van der Waals surface area contributed by atoms with E-state index in [2.05, 4.69) is 25.1 Å². The SMILES string of the molecule is Cc1ccc(N)c(SCC(N)c2ccccc2)c1. The number of thioether (sulfide) groups is 1. The van der Waals surface area contributed by atoms with Crippen molar-refractivity contribution < 1.29 is 0 Å². The van der Waals surface area contributed by atoms with E-state index < -0.39 is 0 Å². The first-order valence-electron chi connectivity index (χ1n) is 5.96. The maximum atomic E-state index is 6.17. The molecule has 1 atom stereocenters. The molecule has 0 aliphatic carbocycles. The van der Waals surface area contributed by atoms with E-state index in [1.807, 2.05) is 30.3 Å². The van der Waals surface area contributed by atoms with E-state index >= 15 is 0 Å². The molecule has 94 valence electrons. The van der Waals surface area contributed by atoms with E-state index in [4.69, 9.17) is 11.5 Å². The zero-order valence-corrected chi connectivity index (χ0v) is 11.3. The summed E-state index contributed by atoms with van der Waals surface area (Å²) in [7, 11) is 0. The molecule has 2 rings (SSSR count). The second kappa shape index (κ2) is 5.94. The van der Waals surface area contributed by atoms with Crippen LogP contribution in [-0.2, 0) is 0 Å². The molecule has 0 heterocycles. The summed E-state index contributed by atoms with van der Waals surface area (Å²) in [4.78, 5) is 1.11. The summed E-state index contributed by atoms with van der Waals surface area (Å²) in [6.07, 6.45) is 0. The van der Waals surface area contributed by atoms with Crippen LogP contribution in [0, 0.1) is 6.92 Å². The quantitative estimate of drug-likeness (QED) is 0.653. The molecule has 3 heteroatoms. The summed E-state index contributed by atoms with van der Waals surface area (Å²) in [5.74, 6) is 0.831. The molecule has 0 saturated heterocycles. The Morgan fingerprint density at radius 2 is 1.83 bits per heavy atom. The van der Waals surface area contributed by atoms with Gasteiger partial charge < -0.3 is 11.5 Å². The van der Waals surface area contributed by atoms with Gasteiger partial charge in [-0.25, -0.2) is 0 Å². The van der Waals surface area contributed by atoms with Crippen molar-refractivity contribution in [2.75, 3.05) is 11.5 Å². The monoisotopic (exact) mass is 258 g/mol. The van der Waals surface area contributed by atoms with Crippen molar-refractivity contribution in [1.29, 1.82) is 0 Å². The van der Waals surface area contributed by atoms with Gasteiger partial charge in [-0.05, 0) is 30.2 Å². The second-order valence-electron chi connectivity index (χ2n) is 4.37. The first-order valence-corrected chi connectivity index (χ1v) is 6.95. The van der Waals surface area contributed by atoms with Crippen LogP contribution in [0.5, 0.6) is 0 Å². The predicted molar refractivity (Wildman–Crippen MR) is 79.7 cm³/mol. The van der Waals surface area contributed by atoms with Gasteiger partial charge in [0.15, 0.2) is 0 Å². The van der Waals surface area contributed by atoms with Gasteiger partial charge in [0.1, 0.15) is 0 Å². The molecule has 2 aromatic carbocycles. The number of benzene rings is 2. The molecule has 0 saturated carbocycles. The molecule has 4 N–H and O–H groups in total. The number of nitrogen functional groups attached to an aromatic ring is 1. The molecule has 2 aromatic rings. The molecule has 2 nitrogen and oxygen atoms in total. The summed E-state index contributed by atoms with van der Waals surface area (Å²) >= 11 is 1.71. The first kappa shape index (κ1) is 13.0. The van der Waals surface area contributed by atoms with Crippen LogP contribution in [0.1, 0.15) is 17.2 Å². The maximum absolute atomic E-state index is 6.17. The van der Waals surface area contributed by atoms with Gasteiger partial charge in [0, 0.05) is 22.4 Å². The van der Waals surface area contributed by atoms with Crippen molar-refractivity contribution in [3.63, 3.8) is 0 Å². The molecule has 0 fully saturated rings. The fourth-order valence-electron chi connectivity index (χ4n) is 1.74. The van der Waals surface area contributed by atoms with Crippen LogP contribution in [0.4, 0.5) is 5.69 Å². The van der Waals surface area contributed by atoms with Gasteiger partial charge in [-0.2, -0.15) is 0 Å². The maximum Gasteiger partial charge on any atom is 0.0452 e. The third-order valence-corrected chi connectivity index (χ3v) is 4.01. The normalized spacial score (nSPS) is 12.3. The molecule has 18 heavy (non-hydrogen) atoms. The van der Waals surface area contributed by atoms with Crippen LogP contribution in [0.25, 0.3) is 0 Å². The van der Waals surface area contributed by atoms with E-state index in [0.29, 0.717) is 0 Å². The highest BCUT2D eigenvalue weighted by atomic mass is 32.2. The van der Waals surface area contributed by atoms with Crippen LogP contribution in [-0.4, -0.2) is 5.75 Å². The number of rotatable bonds is 4. The fourth-order valence-corrected chi connectivity index (χ4v) is 2.80. The summed E-state index contributed by atoms with van der Waals surface area (Å²) in [5.41, 5.74) is 15.3. The lowest BCUT2D eigenvalue weighted by atomic mass is 10.1. The van der Waals surface area contributed by atoms with Gasteiger partial charge in [-0.1, -0.05) is 36.4 Å². The lowest BCUT2D eigenvalue weighted by molar-refractivity contribution is 0.831. The van der Waals surface area contributed by atoms with Crippen LogP contribution < -0.4 is 11.5 Å². The van der Waals surface area contributed by atoms with Crippen molar-refractivity contribution in [3.05, 3.63) is 59.7 Å². The highest BCUT2D eigenvalue weighted by molar-refractivity contribution is 7.99. The van der Waals surface area contributed by atoms with Crippen LogP contribution in [0.2, 0.25) is 0 Å². The average molecular weight is 258 g/mol. The molecule has 0 aliphatic heterocycles. The number of aryl methyl sites for hydroxylation is 1. The lowest BCUT2D eigenvalue weighted by Gasteiger charge is -2.13. The Hall–Kier alpha value is -1.45. The minimum Gasteiger partial charge on any atom is -0.398 e. The molecular formula is C15H18N2S. The molecule has 0 aliphatic rings. The fraction of sp³-hybridized carbons (Fsp3) is 0.200. The van der Waals surface area contributed by atoms with Crippen molar-refractivity contribution in [2.45, 2.75) is 17.9 Å². The zero-order chi connectivity index (χ0) is 13.0. The number of hydrogen-bond acceptors (Lipinski definition) is 3. The van der Waals surface area contributed by atoms with Gasteiger partial charge in [0.25, 0.3) is 0 Å². The van der Waals surface area contributed by atoms with E-state index in [9.17, 15) is 0 Å². The molecular weight excluding hydrogens is 240 g/mol. The predicted octanol–water partition coefficient (Wildman–Crippen LogP) is 3.37. The Morgan fingerprint density at radius 1 is 1.11 bits per heavy atom. The smallest absolute Gasteiger partial charge is 0.0452 e. The van der Waals surface area contributed by atoms with E-state index in [-0.39, 0.29) is 6.04 Å². The van der Waals surface area contributed by atoms with Gasteiger partial charge in [-0.3, -0.25) is 0 Å². The Morgan fingerprint density at radius 3 is 2.56 bits per heavy atom. The summed E-state index contributed by atoms with van der Waals surface area (Å²) in [6.45, 7) is 2.07. The van der Waals surface area contributed by atoms with Gasteiger partial charge >= 0.3 is 0 Å². The molecule has 0 radical (unpaired) electrons. The van der Waals surface area contributed by atoms with E-state index in [1.54, 1.807) is 11.8 Å². The number of nitrogens with two attached hydrogens (primary N) is 2. The Kier molecular flexibility index (Phi) is 4.28. The summed E-state index contributed by atoms with van der Waals surface area (Å²) < 4.78 is 0. The highest BCUT2D eigenvalue weighted by Gasteiger charge is 2.07. The number of hydrogen-bond donors (Lipinski definition) is 2. The van der Waals surface area contributed by atoms with Crippen LogP contribution in [0.15, 0.2) is 53.4 Å². The summed E-state index contributed by atoms with van der Waals surface area (Å²) in [5, 5.41) is 0. The largest absolute Gasteiger partial charge is 0.398 e. The van der Waals surface area contributed by atoms with Crippen molar-refractivity contribution in [1.82, 2.24) is 0 Å². The molecule has 0 spiro atoms. The Balaban J connectivity index is 2.01. The third-order valence-electron chi connectivity index (χ3n) is 2.82. The second-order valence-corrected chi connectivity index (χ2v) is 5.43. The molecule has 0 aromatic heterocycles. The minimum absolute atomic E-state index is 0.0381. The van der Waals surface area contributed by atoms with Crippen LogP contribution >= 0.6 is 11.8 Å². The average Bonchev–Trinajstić information content (AvgIpc) is 2.40. The number of anilines is 1. The van der Waals surface area contributed by atoms with Crippen molar-refractivity contribution >= 4 is 17.4 Å². The Bertz CT molecular complexity index is 511. The lowest BCUT2D eigenvalue weighted by Crippen LogP contribution is -2.12. The topological polar surface area (TPSA) is 52.0 Å². The highest BCUT2D eigenvalue weighted by Crippen LogP contribution is 2.28. The zero-order valence-electron chi connectivity index (χ0n) is 10.5. The van der Waals surface area contributed by atoms with Crippen LogP contribution in [0.3, 0.4) is 0 Å². The minimum atomic E-state index is 0.0381. The van der Waals surface area contributed by atoms with E-state index in [1.165, 1.54) is 5.56 Å². The Labute approximate surface area is 112 Å². The molecule has 0 bridgehead atoms. The van der Waals surface area contributed by atoms with Gasteiger partial charge in [0.05, 0.1) is 0 Å². The molecule has 0 amide bonds. The van der Waals surface area contributed by atoms with Gasteiger partial charge in [-0.15, -0.1) is 11.8 Å². The summed E-state index contributed by atoms with van der Waals surface area (Å²) in [6, 6.07) is 16.3. The standard InChI is InChI=1S/C15H18N2S/c1-11-7-8-13(16)15(9-11)18-10-14(17)12-5-3-2-4-6-12/h2-9,14H,10,16-17H2,1H3. The van der Waals surface area contributed by atoms with Crippen molar-refractivity contribution in [3.8, 4) is 0 Å².